The Balaban J connectivity index is 2.90. The Morgan fingerprint density at radius 1 is 1.90 bits per heavy atom. The Kier molecular flexibility index (Phi) is 2.19. The molecule has 0 spiro atoms. The van der Waals surface area contributed by atoms with Gasteiger partial charge in [0.15, 0.2) is 0 Å². The van der Waals surface area contributed by atoms with Crippen molar-refractivity contribution in [3.05, 3.63) is 22.7 Å². The number of hydrogen-bond acceptors (Lipinski definition) is 3. The van der Waals surface area contributed by atoms with Gasteiger partial charge in [0.25, 0.3) is 0 Å². The minimum Gasteiger partial charge on any atom is -0.245 e. The molecule has 2 nitrogen and oxygen atoms in total. The van der Waals surface area contributed by atoms with Crippen molar-refractivity contribution in [3.8, 4) is 6.07 Å². The molecule has 0 amide bonds. The number of thiazole rings is 1. The van der Waals surface area contributed by atoms with Crippen molar-refractivity contribution in [3.63, 3.8) is 0 Å². The van der Waals surface area contributed by atoms with Crippen LogP contribution in [0.4, 0.5) is 0 Å². The normalized spacial score (nSPS) is 11.0. The van der Waals surface area contributed by atoms with Gasteiger partial charge < -0.3 is 0 Å². The minimum atomic E-state index is 0.918. The second-order valence-corrected chi connectivity index (χ2v) is 2.69. The molecule has 0 bridgehead atoms. The summed E-state index contributed by atoms with van der Waals surface area (Å²) in [6.45, 7) is 1.88. The molecule has 0 atom stereocenters. The summed E-state index contributed by atoms with van der Waals surface area (Å²) in [5.74, 6) is 0. The molecule has 1 aromatic rings. The van der Waals surface area contributed by atoms with Gasteiger partial charge in [0, 0.05) is 17.7 Å². The smallest absolute Gasteiger partial charge is 0.119 e. The lowest BCUT2D eigenvalue weighted by Gasteiger charge is -1.87. The van der Waals surface area contributed by atoms with E-state index in [-0.39, 0.29) is 0 Å². The highest BCUT2D eigenvalue weighted by molar-refractivity contribution is 7.10. The lowest BCUT2D eigenvalue weighted by atomic mass is 10.3. The molecule has 10 heavy (non-hydrogen) atoms. The topological polar surface area (TPSA) is 36.7 Å². The number of nitriles is 1. The van der Waals surface area contributed by atoms with E-state index in [9.17, 15) is 0 Å². The van der Waals surface area contributed by atoms with Crippen LogP contribution in [0, 0.1) is 11.3 Å². The highest BCUT2D eigenvalue weighted by Gasteiger charge is 1.95. The third-order valence-electron chi connectivity index (χ3n) is 1.05. The summed E-state index contributed by atoms with van der Waals surface area (Å²) in [5, 5.41) is 11.1. The molecule has 50 valence electrons. The predicted octanol–water partition coefficient (Wildman–Crippen LogP) is 2.07. The fraction of sp³-hybridized carbons (Fsp3) is 0.143. The van der Waals surface area contributed by atoms with Crippen molar-refractivity contribution in [1.82, 2.24) is 4.98 Å². The molecule has 0 aliphatic rings. The third-order valence-corrected chi connectivity index (χ3v) is 1.96. The van der Waals surface area contributed by atoms with Gasteiger partial charge in [-0.1, -0.05) is 0 Å². The first-order valence-electron chi connectivity index (χ1n) is 2.81. The van der Waals surface area contributed by atoms with Crippen molar-refractivity contribution < 1.29 is 0 Å². The SMILES string of the molecule is CC(=CC#N)c1nccs1. The van der Waals surface area contributed by atoms with E-state index in [1.54, 1.807) is 17.5 Å². The molecule has 0 unspecified atom stereocenters. The largest absolute Gasteiger partial charge is 0.245 e. The Bertz CT molecular complexity index is 266. The van der Waals surface area contributed by atoms with Gasteiger partial charge in [-0.3, -0.25) is 0 Å². The van der Waals surface area contributed by atoms with Crippen molar-refractivity contribution in [2.45, 2.75) is 6.92 Å². The van der Waals surface area contributed by atoms with Gasteiger partial charge in [-0.2, -0.15) is 5.26 Å². The second kappa shape index (κ2) is 3.14. The van der Waals surface area contributed by atoms with E-state index in [0.717, 1.165) is 10.6 Å². The lowest BCUT2D eigenvalue weighted by molar-refractivity contribution is 1.36. The van der Waals surface area contributed by atoms with Gasteiger partial charge in [-0.05, 0) is 12.5 Å². The molecule has 0 aromatic carbocycles. The highest BCUT2D eigenvalue weighted by atomic mass is 32.1. The van der Waals surface area contributed by atoms with Crippen LogP contribution in [0.25, 0.3) is 5.57 Å². The first-order valence-corrected chi connectivity index (χ1v) is 3.69. The molecule has 3 heteroatoms. The van der Waals surface area contributed by atoms with Crippen molar-refractivity contribution in [1.29, 1.82) is 5.26 Å². The maximum Gasteiger partial charge on any atom is 0.119 e. The molecule has 0 aliphatic heterocycles. The fourth-order valence-corrected chi connectivity index (χ4v) is 1.19. The molecule has 1 aromatic heterocycles. The Morgan fingerprint density at radius 3 is 3.20 bits per heavy atom. The van der Waals surface area contributed by atoms with Crippen LogP contribution < -0.4 is 0 Å². The molecular weight excluding hydrogens is 144 g/mol. The summed E-state index contributed by atoms with van der Waals surface area (Å²) in [7, 11) is 0. The lowest BCUT2D eigenvalue weighted by Crippen LogP contribution is -1.73. The molecule has 0 radical (unpaired) electrons. The molecule has 0 N–H and O–H groups in total. The van der Waals surface area contributed by atoms with Crippen LogP contribution in [-0.2, 0) is 0 Å². The van der Waals surface area contributed by atoms with Gasteiger partial charge in [0.05, 0.1) is 6.07 Å². The zero-order valence-electron chi connectivity index (χ0n) is 5.53. The first kappa shape index (κ1) is 6.97. The van der Waals surface area contributed by atoms with Gasteiger partial charge in [0.1, 0.15) is 5.01 Å². The minimum absolute atomic E-state index is 0.918. The molecule has 0 aliphatic carbocycles. The van der Waals surface area contributed by atoms with Gasteiger partial charge in [0.2, 0.25) is 0 Å². The highest BCUT2D eigenvalue weighted by Crippen LogP contribution is 2.14. The molecule has 0 saturated heterocycles. The number of nitrogens with zero attached hydrogens (tertiary/aromatic N) is 2. The van der Waals surface area contributed by atoms with E-state index >= 15 is 0 Å². The molecule has 1 heterocycles. The zero-order chi connectivity index (χ0) is 7.40. The van der Waals surface area contributed by atoms with E-state index in [4.69, 9.17) is 5.26 Å². The van der Waals surface area contributed by atoms with Crippen molar-refractivity contribution in [2.24, 2.45) is 0 Å². The average molecular weight is 150 g/mol. The predicted molar refractivity (Wildman–Crippen MR) is 41.4 cm³/mol. The summed E-state index contributed by atoms with van der Waals surface area (Å²) in [5.41, 5.74) is 0.928. The van der Waals surface area contributed by atoms with E-state index in [2.05, 4.69) is 4.98 Å². The Hall–Kier alpha value is -1.14. The second-order valence-electron chi connectivity index (χ2n) is 1.79. The molecule has 0 fully saturated rings. The van der Waals surface area contributed by atoms with Gasteiger partial charge in [-0.25, -0.2) is 4.98 Å². The molecule has 0 saturated carbocycles. The van der Waals surface area contributed by atoms with Crippen molar-refractivity contribution in [2.75, 3.05) is 0 Å². The van der Waals surface area contributed by atoms with E-state index in [1.807, 2.05) is 18.4 Å². The van der Waals surface area contributed by atoms with Crippen LogP contribution in [0.5, 0.6) is 0 Å². The summed E-state index contributed by atoms with van der Waals surface area (Å²) in [6, 6.07) is 1.96. The number of allylic oxidation sites excluding steroid dienone is 2. The maximum absolute atomic E-state index is 8.29. The van der Waals surface area contributed by atoms with Crippen LogP contribution in [0.2, 0.25) is 0 Å². The van der Waals surface area contributed by atoms with Crippen LogP contribution in [0.1, 0.15) is 11.9 Å². The average Bonchev–Trinajstić information content (AvgIpc) is 2.38. The summed E-state index contributed by atoms with van der Waals surface area (Å²) >= 11 is 1.54. The van der Waals surface area contributed by atoms with E-state index in [1.165, 1.54) is 6.08 Å². The Labute approximate surface area is 63.5 Å². The summed E-state index contributed by atoms with van der Waals surface area (Å²) in [6.07, 6.45) is 3.23. The standard InChI is InChI=1S/C7H6N2S/c1-6(2-3-8)7-9-4-5-10-7/h2,4-5H,1H3. The van der Waals surface area contributed by atoms with Crippen molar-refractivity contribution >= 4 is 16.9 Å². The van der Waals surface area contributed by atoms with E-state index < -0.39 is 0 Å². The zero-order valence-corrected chi connectivity index (χ0v) is 6.35. The monoisotopic (exact) mass is 150 g/mol. The van der Waals surface area contributed by atoms with Crippen LogP contribution in [-0.4, -0.2) is 4.98 Å². The molecular formula is C7H6N2S. The number of rotatable bonds is 1. The van der Waals surface area contributed by atoms with Crippen LogP contribution >= 0.6 is 11.3 Å². The molecule has 1 rings (SSSR count). The summed E-state index contributed by atoms with van der Waals surface area (Å²) in [4.78, 5) is 4.03. The van der Waals surface area contributed by atoms with Gasteiger partial charge >= 0.3 is 0 Å². The Morgan fingerprint density at radius 2 is 2.70 bits per heavy atom. The summed E-state index contributed by atoms with van der Waals surface area (Å²) < 4.78 is 0. The first-order chi connectivity index (χ1) is 4.84. The quantitative estimate of drug-likeness (QED) is 0.574. The van der Waals surface area contributed by atoms with Gasteiger partial charge in [-0.15, -0.1) is 11.3 Å². The number of hydrogen-bond donors (Lipinski definition) is 0. The third kappa shape index (κ3) is 1.42. The van der Waals surface area contributed by atoms with Crippen LogP contribution in [0.3, 0.4) is 0 Å². The van der Waals surface area contributed by atoms with E-state index in [0.29, 0.717) is 0 Å². The number of aromatic nitrogens is 1. The maximum atomic E-state index is 8.29. The fourth-order valence-electron chi connectivity index (χ4n) is 0.577. The van der Waals surface area contributed by atoms with Crippen LogP contribution in [0.15, 0.2) is 17.7 Å².